The molecule has 29 heavy (non-hydrogen) atoms. The summed E-state index contributed by atoms with van der Waals surface area (Å²) in [5.41, 5.74) is 3.38. The maximum absolute atomic E-state index is 12.4. The first kappa shape index (κ1) is 19.9. The molecule has 3 heterocycles. The van der Waals surface area contributed by atoms with Crippen LogP contribution in [-0.2, 0) is 29.7 Å². The van der Waals surface area contributed by atoms with Gasteiger partial charge in [-0.15, -0.1) is 0 Å². The van der Waals surface area contributed by atoms with Gasteiger partial charge in [0.05, 0.1) is 12.8 Å². The van der Waals surface area contributed by atoms with E-state index in [9.17, 15) is 13.2 Å². The number of sulfonamides is 1. The van der Waals surface area contributed by atoms with E-state index in [0.717, 1.165) is 18.7 Å². The summed E-state index contributed by atoms with van der Waals surface area (Å²) in [5, 5.41) is 0. The van der Waals surface area contributed by atoms with Gasteiger partial charge in [-0.25, -0.2) is 8.42 Å². The Morgan fingerprint density at radius 2 is 1.90 bits per heavy atom. The van der Waals surface area contributed by atoms with Crippen molar-refractivity contribution < 1.29 is 17.6 Å². The molecular formula is C21H24N2O5S. The van der Waals surface area contributed by atoms with E-state index >= 15 is 0 Å². The maximum Gasteiger partial charge on any atom is 0.227 e. The topological polar surface area (TPSA) is 80.1 Å². The Morgan fingerprint density at radius 1 is 1.17 bits per heavy atom. The third kappa shape index (κ3) is 4.77. The summed E-state index contributed by atoms with van der Waals surface area (Å²) in [7, 11) is -3.18. The minimum atomic E-state index is -3.18. The second-order valence-electron chi connectivity index (χ2n) is 7.51. The van der Waals surface area contributed by atoms with Gasteiger partial charge in [-0.2, -0.15) is 4.31 Å². The molecule has 0 bridgehead atoms. The number of hydrogen-bond acceptors (Lipinski definition) is 6. The van der Waals surface area contributed by atoms with E-state index in [4.69, 9.17) is 9.15 Å². The van der Waals surface area contributed by atoms with Crippen molar-refractivity contribution >= 4 is 10.0 Å². The standard InChI is InChI=1S/C21H24N2O5S/c1-29(25,26)23-8-6-16(7-9-23)14-28-21-15-27-19(10-20(21)24)13-22-11-17-4-2-3-5-18(17)12-22/h2-6,10,15H,7-9,11-14H2,1H3. The fraction of sp³-hybridized carbons (Fsp3) is 0.381. The Morgan fingerprint density at radius 3 is 2.48 bits per heavy atom. The summed E-state index contributed by atoms with van der Waals surface area (Å²) in [4.78, 5) is 14.6. The highest BCUT2D eigenvalue weighted by atomic mass is 32.2. The molecule has 7 nitrogen and oxygen atoms in total. The minimum Gasteiger partial charge on any atom is -0.482 e. The van der Waals surface area contributed by atoms with Crippen LogP contribution in [0.4, 0.5) is 0 Å². The molecule has 0 spiro atoms. The summed E-state index contributed by atoms with van der Waals surface area (Å²) < 4.78 is 35.7. The third-order valence-electron chi connectivity index (χ3n) is 5.29. The number of fused-ring (bicyclic) bond motifs is 1. The maximum atomic E-state index is 12.4. The Hall–Kier alpha value is -2.42. The van der Waals surface area contributed by atoms with Gasteiger partial charge in [-0.1, -0.05) is 30.3 Å². The molecule has 2 aliphatic rings. The van der Waals surface area contributed by atoms with Crippen LogP contribution in [-0.4, -0.2) is 43.6 Å². The minimum absolute atomic E-state index is 0.171. The van der Waals surface area contributed by atoms with E-state index in [0.29, 0.717) is 31.8 Å². The zero-order chi connectivity index (χ0) is 20.4. The number of rotatable bonds is 6. The molecule has 0 amide bonds. The lowest BCUT2D eigenvalue weighted by Gasteiger charge is -2.24. The van der Waals surface area contributed by atoms with Crippen LogP contribution in [0.1, 0.15) is 23.3 Å². The quantitative estimate of drug-likeness (QED) is 0.671. The SMILES string of the molecule is CS(=O)(=O)N1CC=C(COc2coc(CN3Cc4ccccc4C3)cc2=O)CC1. The highest BCUT2D eigenvalue weighted by Gasteiger charge is 2.21. The number of ether oxygens (including phenoxy) is 1. The number of benzene rings is 1. The van der Waals surface area contributed by atoms with Crippen LogP contribution in [0.15, 0.2) is 57.5 Å². The number of hydrogen-bond donors (Lipinski definition) is 0. The summed E-state index contributed by atoms with van der Waals surface area (Å²) in [6.07, 6.45) is 5.00. The van der Waals surface area contributed by atoms with Crippen LogP contribution >= 0.6 is 0 Å². The van der Waals surface area contributed by atoms with Gasteiger partial charge >= 0.3 is 0 Å². The van der Waals surface area contributed by atoms with Gasteiger partial charge < -0.3 is 9.15 Å². The van der Waals surface area contributed by atoms with Crippen molar-refractivity contribution in [1.29, 1.82) is 0 Å². The van der Waals surface area contributed by atoms with Gasteiger partial charge in [0, 0.05) is 32.2 Å². The Bertz CT molecular complexity index is 1070. The van der Waals surface area contributed by atoms with Gasteiger partial charge in [0.2, 0.25) is 21.2 Å². The van der Waals surface area contributed by atoms with Crippen molar-refractivity contribution in [1.82, 2.24) is 9.21 Å². The van der Waals surface area contributed by atoms with Crippen molar-refractivity contribution in [2.75, 3.05) is 26.0 Å². The molecule has 0 atom stereocenters. The molecule has 2 aliphatic heterocycles. The monoisotopic (exact) mass is 416 g/mol. The van der Waals surface area contributed by atoms with E-state index in [1.54, 1.807) is 0 Å². The average molecular weight is 416 g/mol. The van der Waals surface area contributed by atoms with Gasteiger partial charge in [-0.05, 0) is 23.1 Å². The zero-order valence-electron chi connectivity index (χ0n) is 16.3. The van der Waals surface area contributed by atoms with Crippen LogP contribution in [0, 0.1) is 0 Å². The van der Waals surface area contributed by atoms with Crippen molar-refractivity contribution in [3.63, 3.8) is 0 Å². The predicted octanol–water partition coefficient (Wildman–Crippen LogP) is 2.13. The molecule has 2 aromatic rings. The lowest BCUT2D eigenvalue weighted by Crippen LogP contribution is -2.34. The molecule has 1 aromatic heterocycles. The summed E-state index contributed by atoms with van der Waals surface area (Å²) in [5.74, 6) is 0.778. The van der Waals surface area contributed by atoms with Crippen LogP contribution in [0.25, 0.3) is 0 Å². The second-order valence-corrected chi connectivity index (χ2v) is 9.49. The van der Waals surface area contributed by atoms with E-state index in [1.165, 1.54) is 34.0 Å². The molecule has 0 N–H and O–H groups in total. The highest BCUT2D eigenvalue weighted by molar-refractivity contribution is 7.88. The predicted molar refractivity (Wildman–Crippen MR) is 109 cm³/mol. The average Bonchev–Trinajstić information content (AvgIpc) is 3.09. The normalized spacial score (nSPS) is 17.8. The van der Waals surface area contributed by atoms with Gasteiger partial charge in [0.1, 0.15) is 18.6 Å². The van der Waals surface area contributed by atoms with Crippen molar-refractivity contribution in [3.8, 4) is 5.75 Å². The first-order valence-electron chi connectivity index (χ1n) is 9.55. The van der Waals surface area contributed by atoms with Crippen LogP contribution in [0.5, 0.6) is 5.75 Å². The van der Waals surface area contributed by atoms with Crippen molar-refractivity contribution in [2.45, 2.75) is 26.1 Å². The lowest BCUT2D eigenvalue weighted by molar-refractivity contribution is 0.244. The van der Waals surface area contributed by atoms with Gasteiger partial charge in [0.25, 0.3) is 0 Å². The largest absolute Gasteiger partial charge is 0.482 e. The molecule has 0 radical (unpaired) electrons. The van der Waals surface area contributed by atoms with Crippen molar-refractivity contribution in [3.05, 3.63) is 75.4 Å². The first-order chi connectivity index (χ1) is 13.9. The fourth-order valence-corrected chi connectivity index (χ4v) is 4.43. The fourth-order valence-electron chi connectivity index (χ4n) is 3.66. The van der Waals surface area contributed by atoms with Gasteiger partial charge in [0.15, 0.2) is 0 Å². The molecule has 0 fully saturated rings. The van der Waals surface area contributed by atoms with Crippen LogP contribution < -0.4 is 10.2 Å². The Kier molecular flexibility index (Phi) is 5.58. The first-order valence-corrected chi connectivity index (χ1v) is 11.4. The van der Waals surface area contributed by atoms with E-state index < -0.39 is 10.0 Å². The lowest BCUT2D eigenvalue weighted by atomic mass is 10.1. The van der Waals surface area contributed by atoms with Crippen molar-refractivity contribution in [2.24, 2.45) is 0 Å². The molecule has 0 saturated carbocycles. The Labute approximate surface area is 170 Å². The van der Waals surface area contributed by atoms with Gasteiger partial charge in [-0.3, -0.25) is 9.69 Å². The zero-order valence-corrected chi connectivity index (χ0v) is 17.2. The summed E-state index contributed by atoms with van der Waals surface area (Å²) in [6, 6.07) is 9.80. The third-order valence-corrected chi connectivity index (χ3v) is 6.56. The summed E-state index contributed by atoms with van der Waals surface area (Å²) >= 11 is 0. The second kappa shape index (κ2) is 8.14. The Balaban J connectivity index is 1.33. The molecule has 0 unspecified atom stereocenters. The van der Waals surface area contributed by atoms with Crippen LogP contribution in [0.3, 0.4) is 0 Å². The molecule has 1 aromatic carbocycles. The highest BCUT2D eigenvalue weighted by Crippen LogP contribution is 2.24. The van der Waals surface area contributed by atoms with Crippen LogP contribution in [0.2, 0.25) is 0 Å². The molecule has 0 aliphatic carbocycles. The molecule has 4 rings (SSSR count). The van der Waals surface area contributed by atoms with E-state index in [2.05, 4.69) is 17.0 Å². The van der Waals surface area contributed by atoms with E-state index in [1.807, 2.05) is 18.2 Å². The smallest absolute Gasteiger partial charge is 0.227 e. The molecule has 0 saturated heterocycles. The molecular weight excluding hydrogens is 392 g/mol. The van der Waals surface area contributed by atoms with E-state index in [-0.39, 0.29) is 17.8 Å². The summed E-state index contributed by atoms with van der Waals surface area (Å²) in [6.45, 7) is 3.27. The number of nitrogens with zero attached hydrogens (tertiary/aromatic N) is 2. The molecule has 154 valence electrons. The molecule has 8 heteroatoms.